The summed E-state index contributed by atoms with van der Waals surface area (Å²) in [6, 6.07) is 0. The van der Waals surface area contributed by atoms with Crippen molar-refractivity contribution >= 4 is 33.6 Å². The number of anilines is 1. The van der Waals surface area contributed by atoms with E-state index in [1.165, 1.54) is 12.4 Å². The fourth-order valence-electron chi connectivity index (χ4n) is 0.547. The van der Waals surface area contributed by atoms with Crippen LogP contribution < -0.4 is 5.32 Å². The zero-order valence-electron chi connectivity index (χ0n) is 6.19. The molecule has 1 amide bonds. The number of aromatic nitrogens is 2. The first-order valence-electron chi connectivity index (χ1n) is 3.11. The van der Waals surface area contributed by atoms with E-state index in [2.05, 4.69) is 25.9 Å². The van der Waals surface area contributed by atoms with Crippen molar-refractivity contribution < 1.29 is 14.7 Å². The van der Waals surface area contributed by atoms with E-state index in [1.54, 1.807) is 0 Å². The van der Waals surface area contributed by atoms with Crippen LogP contribution in [-0.4, -0.2) is 27.0 Å². The monoisotopic (exact) mass is 245 g/mol. The number of nitrogens with one attached hydrogen (secondary N) is 1. The highest BCUT2D eigenvalue weighted by atomic mass is 79.9. The molecule has 0 saturated carbocycles. The number of amides is 1. The van der Waals surface area contributed by atoms with Gasteiger partial charge in [0.25, 0.3) is 0 Å². The Labute approximate surface area is 81.1 Å². The quantitative estimate of drug-likeness (QED) is 0.693. The molecule has 7 heteroatoms. The molecule has 0 atom stereocenters. The first-order valence-corrected chi connectivity index (χ1v) is 3.90. The van der Waals surface area contributed by atoms with Crippen molar-refractivity contribution in [2.24, 2.45) is 0 Å². The van der Waals surface area contributed by atoms with E-state index in [9.17, 15) is 9.59 Å². The summed E-state index contributed by atoms with van der Waals surface area (Å²) in [6.45, 7) is 0. The zero-order chi connectivity index (χ0) is 9.84. The molecule has 0 aliphatic heterocycles. The predicted octanol–water partition coefficient (Wildman–Crippen LogP) is 0.262. The van der Waals surface area contributed by atoms with E-state index in [4.69, 9.17) is 5.11 Å². The summed E-state index contributed by atoms with van der Waals surface area (Å²) in [5.41, 5.74) is 0. The van der Waals surface area contributed by atoms with Gasteiger partial charge in [-0.25, -0.2) is 14.8 Å². The zero-order valence-corrected chi connectivity index (χ0v) is 7.78. The van der Waals surface area contributed by atoms with Gasteiger partial charge in [0.1, 0.15) is 4.60 Å². The molecule has 1 aromatic rings. The number of carbonyl (C=O) groups excluding carboxylic acids is 1. The van der Waals surface area contributed by atoms with Crippen molar-refractivity contribution in [2.45, 2.75) is 0 Å². The third-order valence-corrected chi connectivity index (χ3v) is 1.47. The molecule has 6 nitrogen and oxygen atoms in total. The molecule has 0 fully saturated rings. The highest BCUT2D eigenvalue weighted by Gasteiger charge is 2.11. The van der Waals surface area contributed by atoms with Crippen molar-refractivity contribution in [3.8, 4) is 0 Å². The van der Waals surface area contributed by atoms with E-state index in [0.29, 0.717) is 4.60 Å². The van der Waals surface area contributed by atoms with Crippen molar-refractivity contribution in [3.63, 3.8) is 0 Å². The Balaban J connectivity index is 2.70. The SMILES string of the molecule is O=C(O)C(=O)Nc1cnc(Br)cn1. The first-order chi connectivity index (χ1) is 6.09. The average molecular weight is 246 g/mol. The Morgan fingerprint density at radius 1 is 1.38 bits per heavy atom. The number of carbonyl (C=O) groups is 2. The number of halogens is 1. The number of nitrogens with zero attached hydrogens (tertiary/aromatic N) is 2. The Hall–Kier alpha value is -1.50. The van der Waals surface area contributed by atoms with Crippen LogP contribution in [0.15, 0.2) is 17.0 Å². The topological polar surface area (TPSA) is 92.2 Å². The van der Waals surface area contributed by atoms with Gasteiger partial charge in [-0.15, -0.1) is 0 Å². The maximum absolute atomic E-state index is 10.6. The van der Waals surface area contributed by atoms with Gasteiger partial charge in [-0.05, 0) is 15.9 Å². The Morgan fingerprint density at radius 2 is 2.08 bits per heavy atom. The van der Waals surface area contributed by atoms with Crippen molar-refractivity contribution in [3.05, 3.63) is 17.0 Å². The summed E-state index contributed by atoms with van der Waals surface area (Å²) < 4.78 is 0.501. The fraction of sp³-hybridized carbons (Fsp3) is 0. The molecule has 0 aliphatic carbocycles. The molecule has 0 aliphatic rings. The van der Waals surface area contributed by atoms with Gasteiger partial charge in [-0.3, -0.25) is 10.1 Å². The lowest BCUT2D eigenvalue weighted by atomic mass is 10.5. The molecule has 1 rings (SSSR count). The molecule has 1 aromatic heterocycles. The maximum Gasteiger partial charge on any atom is 0.394 e. The van der Waals surface area contributed by atoms with Gasteiger partial charge in [0.15, 0.2) is 5.82 Å². The Kier molecular flexibility index (Phi) is 2.91. The maximum atomic E-state index is 10.6. The van der Waals surface area contributed by atoms with Gasteiger partial charge in [0, 0.05) is 0 Å². The van der Waals surface area contributed by atoms with Crippen molar-refractivity contribution in [1.82, 2.24) is 9.97 Å². The van der Waals surface area contributed by atoms with Crippen LogP contribution in [0.1, 0.15) is 0 Å². The van der Waals surface area contributed by atoms with Crippen LogP contribution in [0.5, 0.6) is 0 Å². The third kappa shape index (κ3) is 2.79. The summed E-state index contributed by atoms with van der Waals surface area (Å²) in [5.74, 6) is -2.61. The normalized spacial score (nSPS) is 9.31. The molecule has 0 radical (unpaired) electrons. The Bertz CT molecular complexity index is 337. The van der Waals surface area contributed by atoms with E-state index in [0.717, 1.165) is 0 Å². The molecule has 0 saturated heterocycles. The molecule has 2 N–H and O–H groups in total. The third-order valence-electron chi connectivity index (χ3n) is 1.06. The second-order valence-corrected chi connectivity index (χ2v) is 2.80. The van der Waals surface area contributed by atoms with Gasteiger partial charge in [-0.2, -0.15) is 0 Å². The van der Waals surface area contributed by atoms with Crippen LogP contribution in [0.4, 0.5) is 5.82 Å². The summed E-state index contributed by atoms with van der Waals surface area (Å²) in [4.78, 5) is 28.1. The second-order valence-electron chi connectivity index (χ2n) is 1.98. The molecule has 0 spiro atoms. The number of hydrogen-bond acceptors (Lipinski definition) is 4. The molecular weight excluding hydrogens is 242 g/mol. The summed E-state index contributed by atoms with van der Waals surface area (Å²) in [7, 11) is 0. The lowest BCUT2D eigenvalue weighted by Gasteiger charge is -1.98. The minimum Gasteiger partial charge on any atom is -0.474 e. The van der Waals surface area contributed by atoms with Crippen LogP contribution >= 0.6 is 15.9 Å². The van der Waals surface area contributed by atoms with Gasteiger partial charge in [-0.1, -0.05) is 0 Å². The number of rotatable bonds is 1. The molecule has 13 heavy (non-hydrogen) atoms. The number of carboxylic acid groups (broad SMARTS) is 1. The van der Waals surface area contributed by atoms with Crippen LogP contribution in [-0.2, 0) is 9.59 Å². The van der Waals surface area contributed by atoms with E-state index in [1.807, 2.05) is 5.32 Å². The van der Waals surface area contributed by atoms with Crippen molar-refractivity contribution in [2.75, 3.05) is 5.32 Å². The molecule has 68 valence electrons. The number of hydrogen-bond donors (Lipinski definition) is 2. The van der Waals surface area contributed by atoms with Crippen LogP contribution in [0.2, 0.25) is 0 Å². The van der Waals surface area contributed by atoms with Gasteiger partial charge >= 0.3 is 11.9 Å². The standard InChI is InChI=1S/C6H4BrN3O3/c7-3-1-9-4(2-8-3)10-5(11)6(12)13/h1-2H,(H,12,13)(H,9,10,11). The molecule has 0 unspecified atom stereocenters. The van der Waals surface area contributed by atoms with Crippen LogP contribution in [0.3, 0.4) is 0 Å². The second kappa shape index (κ2) is 3.94. The summed E-state index contributed by atoms with van der Waals surface area (Å²) in [5, 5.41) is 10.3. The lowest BCUT2D eigenvalue weighted by Crippen LogP contribution is -2.22. The minimum absolute atomic E-state index is 0.0931. The van der Waals surface area contributed by atoms with Gasteiger partial charge in [0.2, 0.25) is 0 Å². The van der Waals surface area contributed by atoms with E-state index in [-0.39, 0.29) is 5.82 Å². The number of aliphatic carboxylic acids is 1. The van der Waals surface area contributed by atoms with Gasteiger partial charge in [0.05, 0.1) is 12.4 Å². The van der Waals surface area contributed by atoms with Crippen molar-refractivity contribution in [1.29, 1.82) is 0 Å². The smallest absolute Gasteiger partial charge is 0.394 e. The predicted molar refractivity (Wildman–Crippen MR) is 46.0 cm³/mol. The largest absolute Gasteiger partial charge is 0.474 e. The average Bonchev–Trinajstić information content (AvgIpc) is 2.08. The van der Waals surface area contributed by atoms with E-state index < -0.39 is 11.9 Å². The highest BCUT2D eigenvalue weighted by molar-refractivity contribution is 9.10. The van der Waals surface area contributed by atoms with E-state index >= 15 is 0 Å². The molecule has 1 heterocycles. The van der Waals surface area contributed by atoms with Crippen LogP contribution in [0.25, 0.3) is 0 Å². The highest BCUT2D eigenvalue weighted by Crippen LogP contribution is 2.05. The minimum atomic E-state index is -1.57. The fourth-order valence-corrected chi connectivity index (χ4v) is 0.751. The first kappa shape index (κ1) is 9.59. The Morgan fingerprint density at radius 3 is 2.54 bits per heavy atom. The summed E-state index contributed by atoms with van der Waals surface area (Å²) in [6.07, 6.45) is 2.59. The lowest BCUT2D eigenvalue weighted by molar-refractivity contribution is -0.147. The number of carboxylic acids is 1. The molecule has 0 bridgehead atoms. The van der Waals surface area contributed by atoms with Crippen LogP contribution in [0, 0.1) is 0 Å². The van der Waals surface area contributed by atoms with Gasteiger partial charge < -0.3 is 5.11 Å². The molecule has 0 aromatic carbocycles. The summed E-state index contributed by atoms with van der Waals surface area (Å²) >= 11 is 3.04. The molecular formula is C6H4BrN3O3.